The van der Waals surface area contributed by atoms with E-state index in [1.165, 1.54) is 5.56 Å². The van der Waals surface area contributed by atoms with Gasteiger partial charge in [0.05, 0.1) is 0 Å². The number of halogens is 1. The summed E-state index contributed by atoms with van der Waals surface area (Å²) >= 11 is 3.37. The molecule has 88 valence electrons. The van der Waals surface area contributed by atoms with Gasteiger partial charge in [-0.25, -0.2) is 0 Å². The molecule has 0 radical (unpaired) electrons. The Morgan fingerprint density at radius 1 is 1.38 bits per heavy atom. The molecule has 0 aliphatic heterocycles. The molecule has 3 nitrogen and oxygen atoms in total. The Bertz CT molecular complexity index is 360. The van der Waals surface area contributed by atoms with Gasteiger partial charge in [-0.15, -0.1) is 0 Å². The van der Waals surface area contributed by atoms with E-state index in [0.29, 0.717) is 6.54 Å². The van der Waals surface area contributed by atoms with Crippen molar-refractivity contribution in [2.75, 3.05) is 6.54 Å². The van der Waals surface area contributed by atoms with Crippen LogP contribution in [0.5, 0.6) is 0 Å². The van der Waals surface area contributed by atoms with Gasteiger partial charge in [0.15, 0.2) is 0 Å². The maximum absolute atomic E-state index is 10.8. The zero-order chi connectivity index (χ0) is 12.2. The Balaban J connectivity index is 2.41. The summed E-state index contributed by atoms with van der Waals surface area (Å²) in [6, 6.07) is 8.02. The van der Waals surface area contributed by atoms with E-state index in [2.05, 4.69) is 21.2 Å². The van der Waals surface area contributed by atoms with Crippen molar-refractivity contribution < 1.29 is 9.90 Å². The minimum Gasteiger partial charge on any atom is -0.480 e. The van der Waals surface area contributed by atoms with E-state index in [-0.39, 0.29) is 0 Å². The quantitative estimate of drug-likeness (QED) is 0.874. The lowest BCUT2D eigenvalue weighted by Crippen LogP contribution is -2.47. The van der Waals surface area contributed by atoms with E-state index in [9.17, 15) is 4.79 Å². The lowest BCUT2D eigenvalue weighted by Gasteiger charge is -2.20. The number of benzene rings is 1. The van der Waals surface area contributed by atoms with Crippen molar-refractivity contribution >= 4 is 21.9 Å². The molecule has 0 bridgehead atoms. The van der Waals surface area contributed by atoms with Gasteiger partial charge in [-0.1, -0.05) is 28.1 Å². The van der Waals surface area contributed by atoms with Crippen molar-refractivity contribution in [2.45, 2.75) is 25.8 Å². The standard InChI is InChI=1S/C12H16BrNO2/c1-12(2,11(15)16)14-8-7-9-3-5-10(13)6-4-9/h3-6,14H,7-8H2,1-2H3,(H,15,16). The maximum Gasteiger partial charge on any atom is 0.323 e. The molecule has 1 rings (SSSR count). The van der Waals surface area contributed by atoms with E-state index < -0.39 is 11.5 Å². The molecule has 0 saturated heterocycles. The molecular weight excluding hydrogens is 270 g/mol. The van der Waals surface area contributed by atoms with Gasteiger partial charge in [-0.2, -0.15) is 0 Å². The highest BCUT2D eigenvalue weighted by atomic mass is 79.9. The van der Waals surface area contributed by atoms with Gasteiger partial charge in [0.1, 0.15) is 5.54 Å². The zero-order valence-electron chi connectivity index (χ0n) is 9.46. The van der Waals surface area contributed by atoms with Crippen LogP contribution in [0.3, 0.4) is 0 Å². The van der Waals surface area contributed by atoms with Gasteiger partial charge in [0, 0.05) is 11.0 Å². The molecule has 0 aliphatic rings. The zero-order valence-corrected chi connectivity index (χ0v) is 11.0. The first-order chi connectivity index (χ1) is 7.42. The largest absolute Gasteiger partial charge is 0.480 e. The fourth-order valence-corrected chi connectivity index (χ4v) is 1.51. The second-order valence-corrected chi connectivity index (χ2v) is 5.15. The monoisotopic (exact) mass is 285 g/mol. The summed E-state index contributed by atoms with van der Waals surface area (Å²) < 4.78 is 1.05. The third-order valence-corrected chi connectivity index (χ3v) is 2.96. The molecule has 0 heterocycles. The number of rotatable bonds is 5. The Morgan fingerprint density at radius 3 is 2.44 bits per heavy atom. The van der Waals surface area contributed by atoms with E-state index in [4.69, 9.17) is 5.11 Å². The van der Waals surface area contributed by atoms with Crippen molar-refractivity contribution in [3.05, 3.63) is 34.3 Å². The highest BCUT2D eigenvalue weighted by molar-refractivity contribution is 9.10. The van der Waals surface area contributed by atoms with E-state index in [0.717, 1.165) is 10.9 Å². The molecule has 1 aromatic rings. The van der Waals surface area contributed by atoms with Crippen LogP contribution in [0, 0.1) is 0 Å². The Labute approximate surface area is 104 Å². The minimum atomic E-state index is -0.866. The van der Waals surface area contributed by atoms with Crippen molar-refractivity contribution in [2.24, 2.45) is 0 Å². The lowest BCUT2D eigenvalue weighted by molar-refractivity contribution is -0.143. The van der Waals surface area contributed by atoms with Crippen molar-refractivity contribution in [1.29, 1.82) is 0 Å². The SMILES string of the molecule is CC(C)(NCCc1ccc(Br)cc1)C(=O)O. The molecular formula is C12H16BrNO2. The highest BCUT2D eigenvalue weighted by Crippen LogP contribution is 2.11. The average molecular weight is 286 g/mol. The van der Waals surface area contributed by atoms with Crippen molar-refractivity contribution in [3.8, 4) is 0 Å². The minimum absolute atomic E-state index is 0.654. The number of carboxylic acids is 1. The van der Waals surface area contributed by atoms with Gasteiger partial charge < -0.3 is 10.4 Å². The topological polar surface area (TPSA) is 49.3 Å². The van der Waals surface area contributed by atoms with Crippen LogP contribution in [0.1, 0.15) is 19.4 Å². The van der Waals surface area contributed by atoms with Gasteiger partial charge in [-0.05, 0) is 38.0 Å². The fourth-order valence-electron chi connectivity index (χ4n) is 1.25. The molecule has 16 heavy (non-hydrogen) atoms. The van der Waals surface area contributed by atoms with E-state index in [1.807, 2.05) is 24.3 Å². The van der Waals surface area contributed by atoms with Crippen LogP contribution in [0.4, 0.5) is 0 Å². The number of hydrogen-bond acceptors (Lipinski definition) is 2. The van der Waals surface area contributed by atoms with Gasteiger partial charge in [0.25, 0.3) is 0 Å². The summed E-state index contributed by atoms with van der Waals surface area (Å²) in [5.41, 5.74) is 0.326. The van der Waals surface area contributed by atoms with Crippen LogP contribution in [-0.4, -0.2) is 23.2 Å². The number of hydrogen-bond donors (Lipinski definition) is 2. The highest BCUT2D eigenvalue weighted by Gasteiger charge is 2.25. The molecule has 0 unspecified atom stereocenters. The third-order valence-electron chi connectivity index (χ3n) is 2.43. The fraction of sp³-hybridized carbons (Fsp3) is 0.417. The average Bonchev–Trinajstić information content (AvgIpc) is 2.20. The number of aliphatic carboxylic acids is 1. The molecule has 0 aliphatic carbocycles. The number of carboxylic acid groups (broad SMARTS) is 1. The summed E-state index contributed by atoms with van der Waals surface area (Å²) in [6.45, 7) is 3.98. The van der Waals surface area contributed by atoms with Gasteiger partial charge >= 0.3 is 5.97 Å². The van der Waals surface area contributed by atoms with Crippen LogP contribution in [0.25, 0.3) is 0 Å². The third kappa shape index (κ3) is 3.94. The second-order valence-electron chi connectivity index (χ2n) is 4.23. The van der Waals surface area contributed by atoms with Crippen molar-refractivity contribution in [1.82, 2.24) is 5.32 Å². The maximum atomic E-state index is 10.8. The first-order valence-corrected chi connectivity index (χ1v) is 5.94. The van der Waals surface area contributed by atoms with Gasteiger partial charge in [0.2, 0.25) is 0 Å². The summed E-state index contributed by atoms with van der Waals surface area (Å²) in [6.07, 6.45) is 0.823. The lowest BCUT2D eigenvalue weighted by atomic mass is 10.1. The Hall–Kier alpha value is -0.870. The van der Waals surface area contributed by atoms with Crippen LogP contribution in [-0.2, 0) is 11.2 Å². The van der Waals surface area contributed by atoms with Crippen LogP contribution in [0.15, 0.2) is 28.7 Å². The first-order valence-electron chi connectivity index (χ1n) is 5.15. The van der Waals surface area contributed by atoms with E-state index in [1.54, 1.807) is 13.8 Å². The molecule has 0 saturated carbocycles. The predicted octanol–water partition coefficient (Wildman–Crippen LogP) is 2.44. The normalized spacial score (nSPS) is 11.4. The molecule has 4 heteroatoms. The number of carbonyl (C=O) groups is 1. The van der Waals surface area contributed by atoms with Crippen LogP contribution >= 0.6 is 15.9 Å². The molecule has 0 fully saturated rings. The number of nitrogens with one attached hydrogen (secondary N) is 1. The second kappa shape index (κ2) is 5.46. The van der Waals surface area contributed by atoms with Gasteiger partial charge in [-0.3, -0.25) is 4.79 Å². The predicted molar refractivity (Wildman–Crippen MR) is 67.6 cm³/mol. The molecule has 2 N–H and O–H groups in total. The molecule has 0 atom stereocenters. The first kappa shape index (κ1) is 13.2. The summed E-state index contributed by atoms with van der Waals surface area (Å²) in [5, 5.41) is 11.9. The Kier molecular flexibility index (Phi) is 4.50. The molecule has 0 spiro atoms. The Morgan fingerprint density at radius 2 is 1.94 bits per heavy atom. The van der Waals surface area contributed by atoms with E-state index >= 15 is 0 Å². The summed E-state index contributed by atoms with van der Waals surface area (Å²) in [5.74, 6) is -0.830. The summed E-state index contributed by atoms with van der Waals surface area (Å²) in [4.78, 5) is 10.8. The summed E-state index contributed by atoms with van der Waals surface area (Å²) in [7, 11) is 0. The van der Waals surface area contributed by atoms with Crippen LogP contribution in [0.2, 0.25) is 0 Å². The molecule has 0 aromatic heterocycles. The molecule has 1 aromatic carbocycles. The van der Waals surface area contributed by atoms with Crippen LogP contribution < -0.4 is 5.32 Å². The van der Waals surface area contributed by atoms with Crippen molar-refractivity contribution in [3.63, 3.8) is 0 Å². The smallest absolute Gasteiger partial charge is 0.323 e. The molecule has 0 amide bonds.